The number of rotatable bonds is 6. The molecule has 0 aliphatic rings. The lowest BCUT2D eigenvalue weighted by molar-refractivity contribution is 0.198. The van der Waals surface area contributed by atoms with Gasteiger partial charge in [-0.25, -0.2) is 12.8 Å². The van der Waals surface area contributed by atoms with E-state index in [1.54, 1.807) is 19.9 Å². The van der Waals surface area contributed by atoms with Gasteiger partial charge in [0.2, 0.25) is 0 Å². The molecular weight excluding hydrogens is 271 g/mol. The van der Waals surface area contributed by atoms with Gasteiger partial charge < -0.3 is 9.84 Å². The minimum atomic E-state index is -3.19. The highest BCUT2D eigenvalue weighted by molar-refractivity contribution is 7.91. The van der Waals surface area contributed by atoms with Gasteiger partial charge >= 0.3 is 0 Å². The second kappa shape index (κ2) is 6.34. The fourth-order valence-corrected chi connectivity index (χ4v) is 2.18. The number of hydrogen-bond acceptors (Lipinski definition) is 4. The Morgan fingerprint density at radius 2 is 1.95 bits per heavy atom. The predicted molar refractivity (Wildman–Crippen MR) is 71.5 cm³/mol. The van der Waals surface area contributed by atoms with E-state index in [4.69, 9.17) is 4.74 Å². The molecule has 0 fully saturated rings. The molecule has 19 heavy (non-hydrogen) atoms. The summed E-state index contributed by atoms with van der Waals surface area (Å²) in [5.41, 5.74) is 0.444. The number of halogens is 1. The standard InChI is InChI=1S/C13H19FO4S/c1-9(2)19(16,17)7-6-18-13-5-4-11(10(3)15)8-12(13)14/h4-5,8-10,15H,6-7H2,1-3H3. The molecule has 0 aliphatic heterocycles. The predicted octanol–water partition coefficient (Wildman–Crippen LogP) is 2.08. The Labute approximate surface area is 113 Å². The molecule has 0 bridgehead atoms. The van der Waals surface area contributed by atoms with Gasteiger partial charge in [-0.05, 0) is 38.5 Å². The van der Waals surface area contributed by atoms with Gasteiger partial charge in [-0.1, -0.05) is 6.07 Å². The second-order valence-corrected chi connectivity index (χ2v) is 7.31. The molecule has 0 heterocycles. The third-order valence-corrected chi connectivity index (χ3v) is 4.95. The van der Waals surface area contributed by atoms with E-state index >= 15 is 0 Å². The van der Waals surface area contributed by atoms with E-state index in [1.807, 2.05) is 0 Å². The van der Waals surface area contributed by atoms with Crippen molar-refractivity contribution < 1.29 is 22.7 Å². The summed E-state index contributed by atoms with van der Waals surface area (Å²) in [6, 6.07) is 4.11. The lowest BCUT2D eigenvalue weighted by Gasteiger charge is -2.11. The third kappa shape index (κ3) is 4.47. The highest BCUT2D eigenvalue weighted by Gasteiger charge is 2.16. The van der Waals surface area contributed by atoms with Crippen molar-refractivity contribution in [2.24, 2.45) is 0 Å². The Morgan fingerprint density at radius 3 is 2.42 bits per heavy atom. The van der Waals surface area contributed by atoms with E-state index in [-0.39, 0.29) is 18.1 Å². The Balaban J connectivity index is 2.65. The van der Waals surface area contributed by atoms with Gasteiger partial charge in [-0.15, -0.1) is 0 Å². The minimum absolute atomic E-state index is 0.0108. The summed E-state index contributed by atoms with van der Waals surface area (Å²) in [5.74, 6) is -0.772. The first-order chi connectivity index (χ1) is 8.74. The van der Waals surface area contributed by atoms with Crippen molar-refractivity contribution in [2.45, 2.75) is 32.1 Å². The fraction of sp³-hybridized carbons (Fsp3) is 0.538. The topological polar surface area (TPSA) is 63.6 Å². The van der Waals surface area contributed by atoms with Crippen molar-refractivity contribution in [3.05, 3.63) is 29.6 Å². The quantitative estimate of drug-likeness (QED) is 0.871. The van der Waals surface area contributed by atoms with Gasteiger partial charge in [0, 0.05) is 0 Å². The van der Waals surface area contributed by atoms with Gasteiger partial charge in [0.15, 0.2) is 21.4 Å². The van der Waals surface area contributed by atoms with E-state index < -0.39 is 27.0 Å². The molecule has 1 aromatic rings. The minimum Gasteiger partial charge on any atom is -0.489 e. The highest BCUT2D eigenvalue weighted by atomic mass is 32.2. The lowest BCUT2D eigenvalue weighted by atomic mass is 10.1. The van der Waals surface area contributed by atoms with Crippen molar-refractivity contribution >= 4 is 9.84 Å². The van der Waals surface area contributed by atoms with Crippen molar-refractivity contribution in [2.75, 3.05) is 12.4 Å². The smallest absolute Gasteiger partial charge is 0.165 e. The SMILES string of the molecule is CC(O)c1ccc(OCCS(=O)(=O)C(C)C)c(F)c1. The molecule has 1 rings (SSSR count). The number of aliphatic hydroxyl groups is 1. The van der Waals surface area contributed by atoms with E-state index in [2.05, 4.69) is 0 Å². The lowest BCUT2D eigenvalue weighted by Crippen LogP contribution is -2.22. The largest absolute Gasteiger partial charge is 0.489 e. The van der Waals surface area contributed by atoms with E-state index in [1.165, 1.54) is 19.1 Å². The summed E-state index contributed by atoms with van der Waals surface area (Å²) in [5, 5.41) is 8.82. The van der Waals surface area contributed by atoms with Gasteiger partial charge in [-0.2, -0.15) is 0 Å². The Hall–Kier alpha value is -1.14. The maximum Gasteiger partial charge on any atom is 0.165 e. The second-order valence-electron chi connectivity index (χ2n) is 4.63. The summed E-state index contributed by atoms with van der Waals surface area (Å²) < 4.78 is 41.8. The number of ether oxygens (including phenoxy) is 1. The average Bonchev–Trinajstić information content (AvgIpc) is 2.30. The third-order valence-electron chi connectivity index (χ3n) is 2.78. The molecule has 0 aromatic heterocycles. The number of hydrogen-bond donors (Lipinski definition) is 1. The maximum absolute atomic E-state index is 13.6. The Bertz CT molecular complexity index is 523. The molecule has 1 N–H and O–H groups in total. The molecule has 0 aliphatic carbocycles. The maximum atomic E-state index is 13.6. The first-order valence-corrected chi connectivity index (χ1v) is 7.77. The van der Waals surface area contributed by atoms with Crippen molar-refractivity contribution in [1.82, 2.24) is 0 Å². The number of aliphatic hydroxyl groups excluding tert-OH is 1. The van der Waals surface area contributed by atoms with Crippen LogP contribution >= 0.6 is 0 Å². The molecule has 1 aromatic carbocycles. The summed E-state index contributed by atoms with van der Waals surface area (Å²) in [6.07, 6.45) is -0.759. The summed E-state index contributed by atoms with van der Waals surface area (Å²) in [4.78, 5) is 0. The van der Waals surface area contributed by atoms with Crippen molar-refractivity contribution in [3.8, 4) is 5.75 Å². The normalized spacial score (nSPS) is 13.6. The summed E-state index contributed by atoms with van der Waals surface area (Å²) in [6.45, 7) is 4.62. The molecule has 4 nitrogen and oxygen atoms in total. The molecule has 0 spiro atoms. The Morgan fingerprint density at radius 1 is 1.32 bits per heavy atom. The molecule has 0 saturated carbocycles. The van der Waals surface area contributed by atoms with Crippen LogP contribution in [0, 0.1) is 5.82 Å². The van der Waals surface area contributed by atoms with Crippen molar-refractivity contribution in [1.29, 1.82) is 0 Å². The zero-order valence-electron chi connectivity index (χ0n) is 11.3. The van der Waals surface area contributed by atoms with E-state index in [0.29, 0.717) is 5.56 Å². The number of sulfone groups is 1. The zero-order valence-corrected chi connectivity index (χ0v) is 12.1. The Kier molecular flexibility index (Phi) is 5.31. The van der Waals surface area contributed by atoms with Crippen LogP contribution in [0.25, 0.3) is 0 Å². The van der Waals surface area contributed by atoms with Crippen LogP contribution in [0.3, 0.4) is 0 Å². The molecule has 1 atom stereocenters. The van der Waals surface area contributed by atoms with Gasteiger partial charge in [-0.3, -0.25) is 0 Å². The van der Waals surface area contributed by atoms with E-state index in [9.17, 15) is 17.9 Å². The van der Waals surface area contributed by atoms with Gasteiger partial charge in [0.1, 0.15) is 6.61 Å². The van der Waals surface area contributed by atoms with Crippen LogP contribution in [0.4, 0.5) is 4.39 Å². The first kappa shape index (κ1) is 15.9. The van der Waals surface area contributed by atoms with Crippen LogP contribution in [0.15, 0.2) is 18.2 Å². The molecule has 108 valence electrons. The van der Waals surface area contributed by atoms with E-state index in [0.717, 1.165) is 0 Å². The zero-order chi connectivity index (χ0) is 14.6. The van der Waals surface area contributed by atoms with Crippen LogP contribution in [0.5, 0.6) is 5.75 Å². The summed E-state index contributed by atoms with van der Waals surface area (Å²) >= 11 is 0. The fourth-order valence-electron chi connectivity index (χ4n) is 1.40. The monoisotopic (exact) mass is 290 g/mol. The molecule has 0 saturated heterocycles. The van der Waals surface area contributed by atoms with Gasteiger partial charge in [0.25, 0.3) is 0 Å². The van der Waals surface area contributed by atoms with Crippen LogP contribution in [-0.4, -0.2) is 31.1 Å². The van der Waals surface area contributed by atoms with Crippen LogP contribution in [0.2, 0.25) is 0 Å². The summed E-state index contributed by atoms with van der Waals surface area (Å²) in [7, 11) is -3.19. The van der Waals surface area contributed by atoms with Crippen LogP contribution in [0.1, 0.15) is 32.4 Å². The molecule has 6 heteroatoms. The number of benzene rings is 1. The molecule has 1 unspecified atom stereocenters. The average molecular weight is 290 g/mol. The van der Waals surface area contributed by atoms with Gasteiger partial charge in [0.05, 0.1) is 17.1 Å². The molecule has 0 radical (unpaired) electrons. The van der Waals surface area contributed by atoms with Crippen molar-refractivity contribution in [3.63, 3.8) is 0 Å². The van der Waals surface area contributed by atoms with Crippen LogP contribution in [-0.2, 0) is 9.84 Å². The molecular formula is C13H19FO4S. The molecule has 0 amide bonds. The van der Waals surface area contributed by atoms with Crippen LogP contribution < -0.4 is 4.74 Å². The first-order valence-electron chi connectivity index (χ1n) is 6.06. The highest BCUT2D eigenvalue weighted by Crippen LogP contribution is 2.22.